The Hall–Kier alpha value is -1.75. The van der Waals surface area contributed by atoms with E-state index in [4.69, 9.17) is 56.8 Å². The van der Waals surface area contributed by atoms with Crippen LogP contribution < -0.4 is 0 Å². The van der Waals surface area contributed by atoms with Crippen molar-refractivity contribution in [1.82, 2.24) is 0 Å². The van der Waals surface area contributed by atoms with Crippen molar-refractivity contribution in [3.05, 3.63) is 35.9 Å². The first-order valence-corrected chi connectivity index (χ1v) is 23.4. The molecule has 352 valence electrons. The Labute approximate surface area is 364 Å². The molecule has 0 bridgehead atoms. The highest BCUT2D eigenvalue weighted by molar-refractivity contribution is 5.69. The third kappa shape index (κ3) is 45.8. The van der Waals surface area contributed by atoms with Gasteiger partial charge in [0.25, 0.3) is 0 Å². The average molecular weight is 859 g/mol. The maximum absolute atomic E-state index is 11.9. The van der Waals surface area contributed by atoms with Crippen molar-refractivity contribution in [3.8, 4) is 0 Å². The Balaban J connectivity index is 1.62. The molecule has 0 amide bonds. The summed E-state index contributed by atoms with van der Waals surface area (Å²) in [5, 5.41) is 0. The number of carbonyl (C=O) groups excluding carboxylic acids is 1. The van der Waals surface area contributed by atoms with E-state index in [1.807, 2.05) is 30.3 Å². The molecule has 0 aromatic heterocycles. The van der Waals surface area contributed by atoms with Crippen molar-refractivity contribution >= 4 is 5.97 Å². The smallest absolute Gasteiger partial charge is 0.305 e. The second-order valence-electron chi connectivity index (χ2n) is 14.6. The Morgan fingerprint density at radius 3 is 0.917 bits per heavy atom. The van der Waals surface area contributed by atoms with Gasteiger partial charge in [-0.15, -0.1) is 0 Å². The van der Waals surface area contributed by atoms with E-state index >= 15 is 0 Å². The summed E-state index contributed by atoms with van der Waals surface area (Å²) < 4.78 is 65.9. The second-order valence-corrected chi connectivity index (χ2v) is 14.6. The van der Waals surface area contributed by atoms with Gasteiger partial charge in [-0.3, -0.25) is 4.79 Å². The largest absolute Gasteiger partial charge is 0.463 e. The monoisotopic (exact) mass is 859 g/mol. The van der Waals surface area contributed by atoms with Gasteiger partial charge in [-0.1, -0.05) is 127 Å². The molecule has 0 aliphatic rings. The lowest BCUT2D eigenvalue weighted by Crippen LogP contribution is -2.15. The second kappa shape index (κ2) is 49.9. The van der Waals surface area contributed by atoms with Gasteiger partial charge in [0.2, 0.25) is 0 Å². The predicted octanol–water partition coefficient (Wildman–Crippen LogP) is 8.17. The van der Waals surface area contributed by atoms with Crippen LogP contribution in [0.3, 0.4) is 0 Å². The molecule has 0 spiro atoms. The highest BCUT2D eigenvalue weighted by Crippen LogP contribution is 2.14. The Morgan fingerprint density at radius 2 is 0.600 bits per heavy atom. The molecule has 0 atom stereocenters. The molecule has 0 heterocycles. The summed E-state index contributed by atoms with van der Waals surface area (Å²) in [5.74, 6) is -0.131. The van der Waals surface area contributed by atoms with Gasteiger partial charge >= 0.3 is 5.97 Å². The average Bonchev–Trinajstić information content (AvgIpc) is 3.26. The number of ether oxygens (including phenoxy) is 12. The van der Waals surface area contributed by atoms with Crippen LogP contribution in [0.4, 0.5) is 0 Å². The third-order valence-electron chi connectivity index (χ3n) is 9.31. The maximum Gasteiger partial charge on any atom is 0.305 e. The number of benzene rings is 1. The molecule has 0 saturated carbocycles. The van der Waals surface area contributed by atoms with Crippen molar-refractivity contribution < 1.29 is 61.6 Å². The lowest BCUT2D eigenvalue weighted by atomic mass is 10.0. The van der Waals surface area contributed by atoms with Crippen molar-refractivity contribution in [2.75, 3.05) is 145 Å². The number of carbonyl (C=O) groups is 1. The van der Waals surface area contributed by atoms with Crippen LogP contribution in [0.25, 0.3) is 0 Å². The third-order valence-corrected chi connectivity index (χ3v) is 9.31. The number of rotatable bonds is 51. The number of hydrogen-bond donors (Lipinski definition) is 0. The van der Waals surface area contributed by atoms with Crippen LogP contribution in [0.2, 0.25) is 0 Å². The van der Waals surface area contributed by atoms with Crippen LogP contribution in [-0.4, -0.2) is 151 Å². The van der Waals surface area contributed by atoms with Crippen LogP contribution in [-0.2, 0) is 68.2 Å². The van der Waals surface area contributed by atoms with Gasteiger partial charge in [-0.25, -0.2) is 0 Å². The highest BCUT2D eigenvalue weighted by Gasteiger charge is 2.03. The molecule has 13 heteroatoms. The molecular weight excluding hydrogens is 773 g/mol. The molecule has 13 nitrogen and oxygen atoms in total. The summed E-state index contributed by atoms with van der Waals surface area (Å²) in [6, 6.07) is 10.1. The van der Waals surface area contributed by atoms with Crippen molar-refractivity contribution in [2.45, 2.75) is 116 Å². The first-order valence-electron chi connectivity index (χ1n) is 23.4. The Kier molecular flexibility index (Phi) is 46.8. The first kappa shape index (κ1) is 56.3. The molecule has 0 saturated heterocycles. The van der Waals surface area contributed by atoms with Crippen LogP contribution in [0.5, 0.6) is 0 Å². The SMILES string of the molecule is CCCCCCCCCCCCCCCCCC(=O)OCCOCCOCCOCCOCCOCCOCCOCCOCCOCCOCCOCc1ccccc1. The van der Waals surface area contributed by atoms with Crippen molar-refractivity contribution in [2.24, 2.45) is 0 Å². The van der Waals surface area contributed by atoms with Crippen LogP contribution in [0.15, 0.2) is 30.3 Å². The summed E-state index contributed by atoms with van der Waals surface area (Å²) in [7, 11) is 0. The van der Waals surface area contributed by atoms with Crippen LogP contribution >= 0.6 is 0 Å². The normalized spacial score (nSPS) is 11.5. The Morgan fingerprint density at radius 1 is 0.333 bits per heavy atom. The molecule has 1 rings (SSSR count). The lowest BCUT2D eigenvalue weighted by Gasteiger charge is -2.09. The van der Waals surface area contributed by atoms with Gasteiger partial charge < -0.3 is 56.8 Å². The lowest BCUT2D eigenvalue weighted by molar-refractivity contribution is -0.145. The summed E-state index contributed by atoms with van der Waals surface area (Å²) >= 11 is 0. The van der Waals surface area contributed by atoms with E-state index in [-0.39, 0.29) is 12.6 Å². The van der Waals surface area contributed by atoms with Crippen molar-refractivity contribution in [3.63, 3.8) is 0 Å². The molecule has 1 aromatic carbocycles. The predicted molar refractivity (Wildman–Crippen MR) is 235 cm³/mol. The standard InChI is InChI=1S/C47H86O13/c1-2-3-4-5-6-7-8-9-10-11-12-13-14-15-19-22-47(48)60-44-43-58-40-39-56-36-35-54-32-31-52-28-27-50-24-23-49-25-26-51-29-30-53-33-34-55-37-38-57-41-42-59-45-46-20-17-16-18-21-46/h16-18,20-21H,2-15,19,22-45H2,1H3. The minimum absolute atomic E-state index is 0.131. The molecule has 0 N–H and O–H groups in total. The summed E-state index contributed by atoms with van der Waals surface area (Å²) in [6.07, 6.45) is 20.2. The number of esters is 1. The fourth-order valence-corrected chi connectivity index (χ4v) is 5.89. The van der Waals surface area contributed by atoms with Crippen LogP contribution in [0, 0.1) is 0 Å². The fourth-order valence-electron chi connectivity index (χ4n) is 5.89. The molecule has 0 radical (unpaired) electrons. The number of hydrogen-bond acceptors (Lipinski definition) is 13. The molecule has 0 aliphatic heterocycles. The van der Waals surface area contributed by atoms with Gasteiger partial charge in [0.15, 0.2) is 0 Å². The first-order chi connectivity index (χ1) is 29.8. The zero-order valence-corrected chi connectivity index (χ0v) is 37.8. The zero-order valence-electron chi connectivity index (χ0n) is 37.8. The van der Waals surface area contributed by atoms with E-state index in [1.54, 1.807) is 0 Å². The maximum atomic E-state index is 11.9. The minimum atomic E-state index is -0.131. The van der Waals surface area contributed by atoms with E-state index in [0.29, 0.717) is 152 Å². The van der Waals surface area contributed by atoms with Crippen molar-refractivity contribution in [1.29, 1.82) is 0 Å². The molecule has 0 unspecified atom stereocenters. The summed E-state index contributed by atoms with van der Waals surface area (Å²) in [6.45, 7) is 13.7. The van der Waals surface area contributed by atoms with Gasteiger partial charge in [0, 0.05) is 6.42 Å². The highest BCUT2D eigenvalue weighted by atomic mass is 16.6. The van der Waals surface area contributed by atoms with E-state index < -0.39 is 0 Å². The van der Waals surface area contributed by atoms with E-state index in [1.165, 1.54) is 83.5 Å². The quantitative estimate of drug-likeness (QED) is 0.0462. The Bertz CT molecular complexity index is 958. The number of unbranched alkanes of at least 4 members (excludes halogenated alkanes) is 14. The summed E-state index contributed by atoms with van der Waals surface area (Å²) in [4.78, 5) is 11.9. The van der Waals surface area contributed by atoms with Gasteiger partial charge in [-0.05, 0) is 12.0 Å². The van der Waals surface area contributed by atoms with Gasteiger partial charge in [0.05, 0.1) is 145 Å². The summed E-state index contributed by atoms with van der Waals surface area (Å²) in [5.41, 5.74) is 1.16. The topological polar surface area (TPSA) is 128 Å². The molecule has 0 aliphatic carbocycles. The molecule has 60 heavy (non-hydrogen) atoms. The zero-order chi connectivity index (χ0) is 42.8. The molecular formula is C47H86O13. The minimum Gasteiger partial charge on any atom is -0.463 e. The van der Waals surface area contributed by atoms with Gasteiger partial charge in [0.1, 0.15) is 6.61 Å². The molecule has 1 aromatic rings. The van der Waals surface area contributed by atoms with E-state index in [0.717, 1.165) is 18.4 Å². The van der Waals surface area contributed by atoms with E-state index in [9.17, 15) is 4.79 Å². The van der Waals surface area contributed by atoms with E-state index in [2.05, 4.69) is 6.92 Å². The molecule has 0 fully saturated rings. The van der Waals surface area contributed by atoms with Crippen LogP contribution in [0.1, 0.15) is 115 Å². The van der Waals surface area contributed by atoms with Gasteiger partial charge in [-0.2, -0.15) is 0 Å². The fraction of sp³-hybridized carbons (Fsp3) is 0.851.